The predicted octanol–water partition coefficient (Wildman–Crippen LogP) is 3.67. The molecule has 0 bridgehead atoms. The molecule has 1 unspecified atom stereocenters. The van der Waals surface area contributed by atoms with Crippen LogP contribution in [0.2, 0.25) is 0 Å². The van der Waals surface area contributed by atoms with Crippen LogP contribution in [-0.2, 0) is 21.2 Å². The Kier molecular flexibility index (Phi) is 6.45. The summed E-state index contributed by atoms with van der Waals surface area (Å²) in [7, 11) is -4.24. The average molecular weight is 427 g/mol. The third-order valence-corrected chi connectivity index (χ3v) is 5.39. The fourth-order valence-corrected chi connectivity index (χ4v) is 3.22. The highest BCUT2D eigenvalue weighted by Gasteiger charge is 2.07. The van der Waals surface area contributed by atoms with Crippen molar-refractivity contribution >= 4 is 45.0 Å². The third-order valence-electron chi connectivity index (χ3n) is 3.87. The summed E-state index contributed by atoms with van der Waals surface area (Å²) in [6, 6.07) is 19.1. The van der Waals surface area contributed by atoms with Gasteiger partial charge in [0.15, 0.2) is 0 Å². The van der Waals surface area contributed by atoms with Crippen LogP contribution >= 0.6 is 0 Å². The Morgan fingerprint density at radius 2 is 1.24 bits per heavy atom. The monoisotopic (exact) mass is 427 g/mol. The number of hydrogen-bond acceptors (Lipinski definition) is 6. The Balaban J connectivity index is 1.80. The Labute approximate surface area is 170 Å². The van der Waals surface area contributed by atoms with E-state index in [0.717, 1.165) is 11.1 Å². The number of nitrogens with zero attached hydrogens (tertiary/aromatic N) is 2. The van der Waals surface area contributed by atoms with Gasteiger partial charge in [-0.15, -0.1) is 0 Å². The van der Waals surface area contributed by atoms with Crippen molar-refractivity contribution in [2.24, 2.45) is 9.98 Å². The second-order valence-corrected chi connectivity index (χ2v) is 8.21. The normalized spacial score (nSPS) is 13.2. The SMILES string of the molecule is O=S([O-])c1ccc(N=Cc2ccccc2C=Nc2ccc(S(=O)(=O)O)cc2)cc1. The lowest BCUT2D eigenvalue weighted by Gasteiger charge is -2.04. The summed E-state index contributed by atoms with van der Waals surface area (Å²) in [4.78, 5) is 8.66. The van der Waals surface area contributed by atoms with Gasteiger partial charge in [0.1, 0.15) is 0 Å². The molecule has 148 valence electrons. The highest BCUT2D eigenvalue weighted by molar-refractivity contribution is 7.85. The summed E-state index contributed by atoms with van der Waals surface area (Å²) < 4.78 is 53.0. The van der Waals surface area contributed by atoms with Crippen molar-refractivity contribution in [3.63, 3.8) is 0 Å². The van der Waals surface area contributed by atoms with Crippen molar-refractivity contribution in [3.8, 4) is 0 Å². The molecule has 3 rings (SSSR count). The molecule has 0 heterocycles. The molecular weight excluding hydrogens is 412 g/mol. The van der Waals surface area contributed by atoms with Gasteiger partial charge >= 0.3 is 0 Å². The first-order chi connectivity index (χ1) is 13.8. The molecule has 0 saturated heterocycles. The van der Waals surface area contributed by atoms with Gasteiger partial charge in [-0.1, -0.05) is 24.3 Å². The molecule has 3 aromatic rings. The van der Waals surface area contributed by atoms with Gasteiger partial charge in [-0.2, -0.15) is 8.42 Å². The van der Waals surface area contributed by atoms with E-state index in [-0.39, 0.29) is 9.79 Å². The maximum Gasteiger partial charge on any atom is 0.294 e. The van der Waals surface area contributed by atoms with Gasteiger partial charge in [0, 0.05) is 28.5 Å². The summed E-state index contributed by atoms with van der Waals surface area (Å²) in [6.45, 7) is 0. The highest BCUT2D eigenvalue weighted by Crippen LogP contribution is 2.18. The smallest absolute Gasteiger partial charge is 0.294 e. The number of benzene rings is 3. The maximum atomic E-state index is 11.1. The molecule has 0 radical (unpaired) electrons. The first-order valence-corrected chi connectivity index (χ1v) is 10.8. The summed E-state index contributed by atoms with van der Waals surface area (Å²) in [5.74, 6) is 0. The van der Waals surface area contributed by atoms with E-state index in [1.54, 1.807) is 24.6 Å². The van der Waals surface area contributed by atoms with Gasteiger partial charge in [0.05, 0.1) is 16.3 Å². The van der Waals surface area contributed by atoms with Crippen LogP contribution in [0.3, 0.4) is 0 Å². The van der Waals surface area contributed by atoms with Crippen LogP contribution in [0.1, 0.15) is 11.1 Å². The lowest BCUT2D eigenvalue weighted by molar-refractivity contribution is 0.483. The van der Waals surface area contributed by atoms with Crippen LogP contribution in [-0.4, -0.2) is 34.2 Å². The Hall–Kier alpha value is -2.98. The number of rotatable bonds is 6. The van der Waals surface area contributed by atoms with E-state index < -0.39 is 21.2 Å². The molecule has 0 aliphatic rings. The van der Waals surface area contributed by atoms with Crippen LogP contribution < -0.4 is 0 Å². The van der Waals surface area contributed by atoms with E-state index >= 15 is 0 Å². The molecule has 1 atom stereocenters. The first-order valence-electron chi connectivity index (χ1n) is 8.27. The molecule has 0 aliphatic carbocycles. The fourth-order valence-electron chi connectivity index (χ4n) is 2.38. The molecule has 0 spiro atoms. The third kappa shape index (κ3) is 5.75. The molecule has 3 aromatic carbocycles. The molecule has 9 heteroatoms. The molecule has 0 fully saturated rings. The van der Waals surface area contributed by atoms with Crippen molar-refractivity contribution in [3.05, 3.63) is 83.9 Å². The van der Waals surface area contributed by atoms with E-state index in [1.165, 1.54) is 36.4 Å². The van der Waals surface area contributed by atoms with E-state index in [2.05, 4.69) is 9.98 Å². The van der Waals surface area contributed by atoms with Crippen LogP contribution in [0.15, 0.2) is 92.6 Å². The van der Waals surface area contributed by atoms with E-state index in [9.17, 15) is 17.2 Å². The quantitative estimate of drug-likeness (QED) is 0.366. The van der Waals surface area contributed by atoms with Gasteiger partial charge < -0.3 is 4.55 Å². The minimum atomic E-state index is -4.24. The molecule has 29 heavy (non-hydrogen) atoms. The largest absolute Gasteiger partial charge is 0.768 e. The molecule has 7 nitrogen and oxygen atoms in total. The second-order valence-electron chi connectivity index (χ2n) is 5.84. The standard InChI is InChI=1S/C20H16N2O5S2/c23-28(24)19-9-5-17(6-10-19)21-13-15-3-1-2-4-16(15)14-22-18-7-11-20(12-8-18)29(25,26)27/h1-14H,(H,23,24)(H,25,26,27)/p-1. The molecule has 0 aromatic heterocycles. The Morgan fingerprint density at radius 3 is 1.66 bits per heavy atom. The topological polar surface area (TPSA) is 119 Å². The van der Waals surface area contributed by atoms with E-state index in [0.29, 0.717) is 11.4 Å². The van der Waals surface area contributed by atoms with Crippen molar-refractivity contribution in [1.29, 1.82) is 0 Å². The van der Waals surface area contributed by atoms with Gasteiger partial charge in [-0.25, -0.2) is 0 Å². The Morgan fingerprint density at radius 1 is 0.793 bits per heavy atom. The first kappa shape index (κ1) is 20.7. The van der Waals surface area contributed by atoms with Gasteiger partial charge in [-0.05, 0) is 59.6 Å². The van der Waals surface area contributed by atoms with Crippen molar-refractivity contribution in [2.75, 3.05) is 0 Å². The molecule has 0 amide bonds. The van der Waals surface area contributed by atoms with Crippen LogP contribution in [0.4, 0.5) is 11.4 Å². The zero-order chi connectivity index (χ0) is 20.9. The van der Waals surface area contributed by atoms with Crippen LogP contribution in [0.25, 0.3) is 0 Å². The van der Waals surface area contributed by atoms with E-state index in [4.69, 9.17) is 4.55 Å². The lowest BCUT2D eigenvalue weighted by atomic mass is 10.1. The fraction of sp³-hybridized carbons (Fsp3) is 0. The van der Waals surface area contributed by atoms with Crippen molar-refractivity contribution in [2.45, 2.75) is 9.79 Å². The van der Waals surface area contributed by atoms with Gasteiger partial charge in [0.25, 0.3) is 10.1 Å². The lowest BCUT2D eigenvalue weighted by Crippen LogP contribution is -1.96. The second kappa shape index (κ2) is 9.01. The summed E-state index contributed by atoms with van der Waals surface area (Å²) >= 11 is -2.27. The van der Waals surface area contributed by atoms with Gasteiger partial charge in [0.2, 0.25) is 0 Å². The maximum absolute atomic E-state index is 11.1. The zero-order valence-electron chi connectivity index (χ0n) is 14.9. The van der Waals surface area contributed by atoms with Crippen molar-refractivity contribution in [1.82, 2.24) is 0 Å². The summed E-state index contributed by atoms with van der Waals surface area (Å²) in [5, 5.41) is 0. The van der Waals surface area contributed by atoms with Crippen molar-refractivity contribution < 1.29 is 21.7 Å². The van der Waals surface area contributed by atoms with E-state index in [1.807, 2.05) is 24.3 Å². The minimum Gasteiger partial charge on any atom is -0.768 e. The van der Waals surface area contributed by atoms with Gasteiger partial charge in [-0.3, -0.25) is 18.7 Å². The Bertz CT molecular complexity index is 1190. The summed E-state index contributed by atoms with van der Waals surface area (Å²) in [5.41, 5.74) is 2.70. The molecule has 0 saturated carbocycles. The highest BCUT2D eigenvalue weighted by atomic mass is 32.2. The number of aliphatic imine (C=N–C) groups is 2. The molecule has 0 aliphatic heterocycles. The molecular formula is C20H15N2O5S2-. The number of hydrogen-bond donors (Lipinski definition) is 1. The summed E-state index contributed by atoms with van der Waals surface area (Å²) in [6.07, 6.45) is 3.26. The average Bonchev–Trinajstić information content (AvgIpc) is 2.71. The predicted molar refractivity (Wildman–Crippen MR) is 111 cm³/mol. The molecule has 1 N–H and O–H groups in total. The zero-order valence-corrected chi connectivity index (χ0v) is 16.5. The van der Waals surface area contributed by atoms with Crippen LogP contribution in [0, 0.1) is 0 Å². The minimum absolute atomic E-state index is 0.191. The van der Waals surface area contributed by atoms with Crippen LogP contribution in [0.5, 0.6) is 0 Å².